The standard InChI is InChI=1S/C36H35F4N5O4/c1-43(2)17-18-49-32(34-42-31-9-5-4-8-28(31)35(47)45(34)26-11-13-27(48-3)14-12-26)23-44(22-25-7-6-16-41-21-25)33(46)20-24-10-15-29(30(37)19-24)36(38,39)40/h4-16,19,21,32H,17-18,20,22-23H2,1-3H3. The zero-order chi connectivity index (χ0) is 35.1. The summed E-state index contributed by atoms with van der Waals surface area (Å²) in [5.41, 5.74) is -0.109. The molecule has 0 bridgehead atoms. The third-order valence-electron chi connectivity index (χ3n) is 7.81. The van der Waals surface area contributed by atoms with E-state index in [-0.39, 0.29) is 36.6 Å². The van der Waals surface area contributed by atoms with Gasteiger partial charge in [-0.2, -0.15) is 13.2 Å². The van der Waals surface area contributed by atoms with E-state index in [4.69, 9.17) is 14.5 Å². The lowest BCUT2D eigenvalue weighted by Gasteiger charge is -2.29. The molecule has 256 valence electrons. The minimum absolute atomic E-state index is 0.0453. The Labute approximate surface area is 280 Å². The topological polar surface area (TPSA) is 89.8 Å². The van der Waals surface area contributed by atoms with Gasteiger partial charge >= 0.3 is 6.18 Å². The second kappa shape index (κ2) is 15.4. The molecule has 3 aromatic carbocycles. The van der Waals surface area contributed by atoms with Gasteiger partial charge in [-0.1, -0.05) is 24.3 Å². The van der Waals surface area contributed by atoms with Crippen molar-refractivity contribution in [2.75, 3.05) is 40.9 Å². The van der Waals surface area contributed by atoms with E-state index >= 15 is 0 Å². The van der Waals surface area contributed by atoms with Crippen LogP contribution in [0.15, 0.2) is 96.1 Å². The van der Waals surface area contributed by atoms with E-state index < -0.39 is 36.0 Å². The zero-order valence-corrected chi connectivity index (χ0v) is 27.2. The van der Waals surface area contributed by atoms with Crippen LogP contribution in [0.4, 0.5) is 17.6 Å². The number of aromatic nitrogens is 3. The maximum absolute atomic E-state index is 14.5. The average Bonchev–Trinajstić information content (AvgIpc) is 3.07. The molecular formula is C36H35F4N5O4. The number of hydrogen-bond acceptors (Lipinski definition) is 7. The second-order valence-electron chi connectivity index (χ2n) is 11.6. The summed E-state index contributed by atoms with van der Waals surface area (Å²) < 4.78 is 67.3. The molecule has 13 heteroatoms. The van der Waals surface area contributed by atoms with E-state index in [9.17, 15) is 27.2 Å². The molecule has 1 unspecified atom stereocenters. The van der Waals surface area contributed by atoms with Crippen molar-refractivity contribution in [3.05, 3.63) is 130 Å². The molecule has 0 saturated heterocycles. The van der Waals surface area contributed by atoms with Crippen molar-refractivity contribution in [1.29, 1.82) is 0 Å². The lowest BCUT2D eigenvalue weighted by molar-refractivity contribution is -0.140. The molecule has 1 atom stereocenters. The van der Waals surface area contributed by atoms with Crippen molar-refractivity contribution < 1.29 is 31.8 Å². The molecule has 0 spiro atoms. The molecule has 5 aromatic rings. The second-order valence-corrected chi connectivity index (χ2v) is 11.6. The van der Waals surface area contributed by atoms with Crippen LogP contribution in [0.25, 0.3) is 16.6 Å². The zero-order valence-electron chi connectivity index (χ0n) is 27.2. The molecule has 9 nitrogen and oxygen atoms in total. The Morgan fingerprint density at radius 2 is 1.73 bits per heavy atom. The molecule has 49 heavy (non-hydrogen) atoms. The molecule has 2 aromatic heterocycles. The number of nitrogens with zero attached hydrogens (tertiary/aromatic N) is 5. The normalized spacial score (nSPS) is 12.3. The van der Waals surface area contributed by atoms with Gasteiger partial charge in [-0.05, 0) is 79.8 Å². The first-order valence-corrected chi connectivity index (χ1v) is 15.4. The molecule has 0 aliphatic carbocycles. The SMILES string of the molecule is COc1ccc(-n2c(C(CN(Cc3cccnc3)C(=O)Cc3ccc(C(F)(F)F)c(F)c3)OCCN(C)C)nc3ccccc3c2=O)cc1. The average molecular weight is 678 g/mol. The number of rotatable bonds is 13. The number of likely N-dealkylation sites (N-methyl/N-ethyl adjacent to an activating group) is 1. The highest BCUT2D eigenvalue weighted by atomic mass is 19.4. The van der Waals surface area contributed by atoms with Crippen molar-refractivity contribution >= 4 is 16.8 Å². The molecule has 0 radical (unpaired) electrons. The first kappa shape index (κ1) is 35.2. The number of fused-ring (bicyclic) bond motifs is 1. The van der Waals surface area contributed by atoms with Crippen LogP contribution in [0.1, 0.15) is 28.6 Å². The lowest BCUT2D eigenvalue weighted by Crippen LogP contribution is -2.38. The van der Waals surface area contributed by atoms with E-state index in [1.807, 2.05) is 19.0 Å². The fraction of sp³-hybridized carbons (Fsp3) is 0.278. The maximum Gasteiger partial charge on any atom is 0.419 e. The lowest BCUT2D eigenvalue weighted by atomic mass is 10.1. The van der Waals surface area contributed by atoms with Gasteiger partial charge in [0.2, 0.25) is 5.91 Å². The number of para-hydroxylation sites is 1. The predicted molar refractivity (Wildman–Crippen MR) is 176 cm³/mol. The maximum atomic E-state index is 14.5. The number of alkyl halides is 3. The Hall–Kier alpha value is -5.14. The number of pyridine rings is 1. The monoisotopic (exact) mass is 677 g/mol. The fourth-order valence-corrected chi connectivity index (χ4v) is 5.28. The van der Waals surface area contributed by atoms with Crippen molar-refractivity contribution in [1.82, 2.24) is 24.3 Å². The van der Waals surface area contributed by atoms with Gasteiger partial charge in [-0.3, -0.25) is 19.1 Å². The van der Waals surface area contributed by atoms with Gasteiger partial charge in [0.1, 0.15) is 23.5 Å². The van der Waals surface area contributed by atoms with Gasteiger partial charge in [-0.15, -0.1) is 0 Å². The predicted octanol–water partition coefficient (Wildman–Crippen LogP) is 5.84. The number of halogens is 4. The Morgan fingerprint density at radius 3 is 2.39 bits per heavy atom. The van der Waals surface area contributed by atoms with Gasteiger partial charge in [0, 0.05) is 25.5 Å². The number of hydrogen-bond donors (Lipinski definition) is 0. The van der Waals surface area contributed by atoms with Crippen LogP contribution in [-0.2, 0) is 28.7 Å². The van der Waals surface area contributed by atoms with Crippen LogP contribution in [0, 0.1) is 5.82 Å². The molecular weight excluding hydrogens is 642 g/mol. The molecule has 5 rings (SSSR count). The van der Waals surface area contributed by atoms with Crippen LogP contribution in [-0.4, -0.2) is 71.1 Å². The molecule has 0 aliphatic rings. The Kier molecular flexibility index (Phi) is 11.0. The van der Waals surface area contributed by atoms with E-state index in [1.54, 1.807) is 73.1 Å². The number of amides is 1. The Balaban J connectivity index is 1.59. The summed E-state index contributed by atoms with van der Waals surface area (Å²) in [6.45, 7) is 0.662. The van der Waals surface area contributed by atoms with Crippen LogP contribution in [0.5, 0.6) is 5.75 Å². The Morgan fingerprint density at radius 1 is 0.980 bits per heavy atom. The van der Waals surface area contributed by atoms with Crippen molar-refractivity contribution in [2.24, 2.45) is 0 Å². The van der Waals surface area contributed by atoms with Crippen molar-refractivity contribution in [3.63, 3.8) is 0 Å². The summed E-state index contributed by atoms with van der Waals surface area (Å²) in [5, 5.41) is 0.377. The molecule has 0 N–H and O–H groups in total. The highest BCUT2D eigenvalue weighted by Crippen LogP contribution is 2.32. The minimum Gasteiger partial charge on any atom is -0.497 e. The third-order valence-corrected chi connectivity index (χ3v) is 7.81. The number of methoxy groups -OCH3 is 1. The molecule has 0 saturated carbocycles. The van der Waals surface area contributed by atoms with Crippen molar-refractivity contribution in [3.8, 4) is 11.4 Å². The number of carbonyl (C=O) groups excluding carboxylic acids is 1. The number of benzene rings is 3. The van der Waals surface area contributed by atoms with Crippen LogP contribution in [0.2, 0.25) is 0 Å². The van der Waals surface area contributed by atoms with E-state index in [2.05, 4.69) is 4.98 Å². The van der Waals surface area contributed by atoms with E-state index in [0.717, 1.165) is 12.1 Å². The smallest absolute Gasteiger partial charge is 0.419 e. The first-order valence-electron chi connectivity index (χ1n) is 15.4. The van der Waals surface area contributed by atoms with Gasteiger partial charge in [0.15, 0.2) is 0 Å². The summed E-state index contributed by atoms with van der Waals surface area (Å²) in [7, 11) is 5.29. The fourth-order valence-electron chi connectivity index (χ4n) is 5.28. The summed E-state index contributed by atoms with van der Waals surface area (Å²) in [6.07, 6.45) is -3.05. The van der Waals surface area contributed by atoms with E-state index in [0.29, 0.717) is 40.5 Å². The van der Waals surface area contributed by atoms with Crippen LogP contribution < -0.4 is 10.3 Å². The van der Waals surface area contributed by atoms with Gasteiger partial charge < -0.3 is 19.3 Å². The van der Waals surface area contributed by atoms with Crippen molar-refractivity contribution in [2.45, 2.75) is 25.2 Å². The summed E-state index contributed by atoms with van der Waals surface area (Å²) >= 11 is 0. The van der Waals surface area contributed by atoms with Crippen LogP contribution >= 0.6 is 0 Å². The van der Waals surface area contributed by atoms with Gasteiger partial charge in [0.25, 0.3) is 5.56 Å². The highest BCUT2D eigenvalue weighted by molar-refractivity contribution is 5.79. The molecule has 1 amide bonds. The highest BCUT2D eigenvalue weighted by Gasteiger charge is 2.34. The van der Waals surface area contributed by atoms with E-state index in [1.165, 1.54) is 16.6 Å². The van der Waals surface area contributed by atoms with Gasteiger partial charge in [0.05, 0.1) is 48.8 Å². The summed E-state index contributed by atoms with van der Waals surface area (Å²) in [5.74, 6) is -1.16. The Bertz CT molecular complexity index is 1950. The molecule has 2 heterocycles. The van der Waals surface area contributed by atoms with Gasteiger partial charge in [-0.25, -0.2) is 9.37 Å². The van der Waals surface area contributed by atoms with Crippen LogP contribution in [0.3, 0.4) is 0 Å². The summed E-state index contributed by atoms with van der Waals surface area (Å²) in [4.78, 5) is 40.5. The molecule has 0 fully saturated rings. The number of ether oxygens (including phenoxy) is 2. The number of carbonyl (C=O) groups is 1. The third kappa shape index (κ3) is 8.67. The summed E-state index contributed by atoms with van der Waals surface area (Å²) in [6, 6.07) is 19.7. The quantitative estimate of drug-likeness (QED) is 0.145. The largest absolute Gasteiger partial charge is 0.497 e. The first-order chi connectivity index (χ1) is 23.4. The molecule has 0 aliphatic heterocycles. The minimum atomic E-state index is -4.87.